The fourth-order valence-electron chi connectivity index (χ4n) is 3.30. The molecule has 0 aromatic carbocycles. The zero-order valence-electron chi connectivity index (χ0n) is 11.4. The lowest BCUT2D eigenvalue weighted by molar-refractivity contribution is 0.108. The van der Waals surface area contributed by atoms with Gasteiger partial charge in [-0.15, -0.1) is 11.3 Å². The maximum absolute atomic E-state index is 6.78. The molecule has 1 aliphatic rings. The van der Waals surface area contributed by atoms with Crippen LogP contribution in [0.25, 0.3) is 0 Å². The van der Waals surface area contributed by atoms with Crippen molar-refractivity contribution in [1.29, 1.82) is 0 Å². The number of hydrogen-bond donors (Lipinski definition) is 1. The van der Waals surface area contributed by atoms with Crippen molar-refractivity contribution in [2.75, 3.05) is 0 Å². The van der Waals surface area contributed by atoms with Crippen LogP contribution in [-0.2, 0) is 5.54 Å². The average molecular weight is 252 g/mol. The molecular formula is C14H24N2S. The van der Waals surface area contributed by atoms with Crippen LogP contribution >= 0.6 is 11.3 Å². The highest BCUT2D eigenvalue weighted by atomic mass is 32.1. The van der Waals surface area contributed by atoms with Gasteiger partial charge in [-0.05, 0) is 37.5 Å². The van der Waals surface area contributed by atoms with Crippen LogP contribution in [-0.4, -0.2) is 4.98 Å². The molecule has 1 aliphatic carbocycles. The second-order valence-corrected chi connectivity index (χ2v) is 7.29. The Morgan fingerprint density at radius 1 is 1.47 bits per heavy atom. The number of aryl methyl sites for hydroxylation is 1. The lowest BCUT2D eigenvalue weighted by atomic mass is 9.66. The first kappa shape index (κ1) is 13.0. The van der Waals surface area contributed by atoms with Crippen molar-refractivity contribution in [2.24, 2.45) is 23.5 Å². The minimum Gasteiger partial charge on any atom is -0.319 e. The molecule has 3 unspecified atom stereocenters. The standard InChI is InChI=1S/C14H24N2S/c1-9(2)12-6-5-10(3)7-14(12,15)13-16-8-11(4)17-13/h8-10,12H,5-7,15H2,1-4H3. The van der Waals surface area contributed by atoms with Gasteiger partial charge in [-0.25, -0.2) is 4.98 Å². The highest BCUT2D eigenvalue weighted by molar-refractivity contribution is 7.11. The topological polar surface area (TPSA) is 38.9 Å². The Balaban J connectivity index is 2.35. The first-order chi connectivity index (χ1) is 7.93. The molecule has 3 heteroatoms. The molecule has 1 saturated carbocycles. The predicted molar refractivity (Wildman–Crippen MR) is 74.1 cm³/mol. The number of nitrogens with zero attached hydrogens (tertiary/aromatic N) is 1. The van der Waals surface area contributed by atoms with Gasteiger partial charge in [0.1, 0.15) is 5.01 Å². The number of hydrogen-bond acceptors (Lipinski definition) is 3. The maximum atomic E-state index is 6.78. The Morgan fingerprint density at radius 3 is 2.71 bits per heavy atom. The highest BCUT2D eigenvalue weighted by Gasteiger charge is 2.44. The Labute approximate surface area is 109 Å². The molecule has 96 valence electrons. The molecule has 1 fully saturated rings. The van der Waals surface area contributed by atoms with Gasteiger partial charge in [-0.3, -0.25) is 0 Å². The second-order valence-electron chi connectivity index (χ2n) is 6.05. The predicted octanol–water partition coefficient (Wildman–Crippen LogP) is 3.70. The van der Waals surface area contributed by atoms with Crippen molar-refractivity contribution >= 4 is 11.3 Å². The summed E-state index contributed by atoms with van der Waals surface area (Å²) in [7, 11) is 0. The van der Waals surface area contributed by atoms with Gasteiger partial charge in [0.05, 0.1) is 5.54 Å². The summed E-state index contributed by atoms with van der Waals surface area (Å²) in [6.45, 7) is 9.02. The smallest absolute Gasteiger partial charge is 0.113 e. The van der Waals surface area contributed by atoms with E-state index in [4.69, 9.17) is 5.73 Å². The molecule has 17 heavy (non-hydrogen) atoms. The molecule has 1 aromatic heterocycles. The van der Waals surface area contributed by atoms with E-state index >= 15 is 0 Å². The second kappa shape index (κ2) is 4.69. The van der Waals surface area contributed by atoms with Crippen LogP contribution in [0.1, 0.15) is 49.9 Å². The fraction of sp³-hybridized carbons (Fsp3) is 0.786. The Morgan fingerprint density at radius 2 is 2.18 bits per heavy atom. The minimum absolute atomic E-state index is 0.190. The highest BCUT2D eigenvalue weighted by Crippen LogP contribution is 2.46. The van der Waals surface area contributed by atoms with E-state index in [1.165, 1.54) is 17.7 Å². The van der Waals surface area contributed by atoms with Gasteiger partial charge < -0.3 is 5.73 Å². The molecular weight excluding hydrogens is 228 g/mol. The van der Waals surface area contributed by atoms with E-state index in [1.54, 1.807) is 11.3 Å². The van der Waals surface area contributed by atoms with Gasteiger partial charge in [0.15, 0.2) is 0 Å². The van der Waals surface area contributed by atoms with Crippen molar-refractivity contribution in [2.45, 2.75) is 52.5 Å². The van der Waals surface area contributed by atoms with Gasteiger partial charge in [-0.2, -0.15) is 0 Å². The van der Waals surface area contributed by atoms with Crippen LogP contribution in [0.3, 0.4) is 0 Å². The van der Waals surface area contributed by atoms with E-state index in [9.17, 15) is 0 Å². The van der Waals surface area contributed by atoms with Gasteiger partial charge in [0.25, 0.3) is 0 Å². The van der Waals surface area contributed by atoms with Crippen LogP contribution < -0.4 is 5.73 Å². The van der Waals surface area contributed by atoms with E-state index in [0.717, 1.165) is 17.3 Å². The zero-order chi connectivity index (χ0) is 12.6. The molecule has 0 aliphatic heterocycles. The summed E-state index contributed by atoms with van der Waals surface area (Å²) in [6, 6.07) is 0. The molecule has 0 saturated heterocycles. The van der Waals surface area contributed by atoms with Crippen molar-refractivity contribution < 1.29 is 0 Å². The molecule has 1 heterocycles. The SMILES string of the molecule is Cc1cnc(C2(N)CC(C)CCC2C(C)C)s1. The normalized spacial score (nSPS) is 34.2. The van der Waals surface area contributed by atoms with Crippen molar-refractivity contribution in [3.63, 3.8) is 0 Å². The summed E-state index contributed by atoms with van der Waals surface area (Å²) in [4.78, 5) is 5.84. The molecule has 0 bridgehead atoms. The monoisotopic (exact) mass is 252 g/mol. The largest absolute Gasteiger partial charge is 0.319 e. The van der Waals surface area contributed by atoms with Crippen LogP contribution in [0, 0.1) is 24.7 Å². The van der Waals surface area contributed by atoms with Gasteiger partial charge in [-0.1, -0.05) is 27.2 Å². The number of aromatic nitrogens is 1. The van der Waals surface area contributed by atoms with Gasteiger partial charge >= 0.3 is 0 Å². The van der Waals surface area contributed by atoms with Crippen LogP contribution in [0.15, 0.2) is 6.20 Å². The average Bonchev–Trinajstić information content (AvgIpc) is 2.64. The molecule has 1 aromatic rings. The van der Waals surface area contributed by atoms with Crippen molar-refractivity contribution in [3.05, 3.63) is 16.1 Å². The molecule has 0 amide bonds. The quantitative estimate of drug-likeness (QED) is 0.871. The number of rotatable bonds is 2. The van der Waals surface area contributed by atoms with Crippen molar-refractivity contribution in [1.82, 2.24) is 4.98 Å². The van der Waals surface area contributed by atoms with Gasteiger partial charge in [0, 0.05) is 11.1 Å². The van der Waals surface area contributed by atoms with Crippen LogP contribution in [0.2, 0.25) is 0 Å². The maximum Gasteiger partial charge on any atom is 0.113 e. The third-order valence-corrected chi connectivity index (χ3v) is 5.25. The van der Waals surface area contributed by atoms with Crippen LogP contribution in [0.4, 0.5) is 0 Å². The molecule has 0 spiro atoms. The number of thiazole rings is 1. The summed E-state index contributed by atoms with van der Waals surface area (Å²) in [5, 5.41) is 1.15. The summed E-state index contributed by atoms with van der Waals surface area (Å²) in [5.41, 5.74) is 6.59. The summed E-state index contributed by atoms with van der Waals surface area (Å²) in [6.07, 6.45) is 5.61. The first-order valence-corrected chi connectivity index (χ1v) is 7.47. The molecule has 2 N–H and O–H groups in total. The lowest BCUT2D eigenvalue weighted by Gasteiger charge is -2.44. The van der Waals surface area contributed by atoms with Gasteiger partial charge in [0.2, 0.25) is 0 Å². The Kier molecular flexibility index (Phi) is 3.60. The zero-order valence-corrected chi connectivity index (χ0v) is 12.2. The molecule has 0 radical (unpaired) electrons. The first-order valence-electron chi connectivity index (χ1n) is 6.65. The lowest BCUT2D eigenvalue weighted by Crippen LogP contribution is -2.50. The van der Waals surface area contributed by atoms with Crippen LogP contribution in [0.5, 0.6) is 0 Å². The summed E-state index contributed by atoms with van der Waals surface area (Å²) < 4.78 is 0. The fourth-order valence-corrected chi connectivity index (χ4v) is 4.24. The Bertz CT molecular complexity index is 385. The molecule has 2 rings (SSSR count). The number of nitrogens with two attached hydrogens (primary N) is 1. The van der Waals surface area contributed by atoms with E-state index < -0.39 is 0 Å². The minimum atomic E-state index is -0.190. The van der Waals surface area contributed by atoms with Crippen molar-refractivity contribution in [3.8, 4) is 0 Å². The Hall–Kier alpha value is -0.410. The molecule has 3 atom stereocenters. The van der Waals surface area contributed by atoms with E-state index in [-0.39, 0.29) is 5.54 Å². The summed E-state index contributed by atoms with van der Waals surface area (Å²) in [5.74, 6) is 1.93. The third-order valence-electron chi connectivity index (χ3n) is 4.14. The third kappa shape index (κ3) is 2.41. The van der Waals surface area contributed by atoms with E-state index in [0.29, 0.717) is 11.8 Å². The molecule has 2 nitrogen and oxygen atoms in total. The van der Waals surface area contributed by atoms with E-state index in [1.807, 2.05) is 6.20 Å². The van der Waals surface area contributed by atoms with E-state index in [2.05, 4.69) is 32.7 Å². The summed E-state index contributed by atoms with van der Waals surface area (Å²) >= 11 is 1.78.